The number of aliphatic hydroxyl groups excluding tert-OH is 1. The number of aryl methyl sites for hydroxylation is 1. The first kappa shape index (κ1) is 26.9. The summed E-state index contributed by atoms with van der Waals surface area (Å²) in [5, 5.41) is 15.6. The van der Waals surface area contributed by atoms with E-state index in [4.69, 9.17) is 24.0 Å². The summed E-state index contributed by atoms with van der Waals surface area (Å²) >= 11 is 0. The number of aliphatic hydroxyl groups is 1. The van der Waals surface area contributed by atoms with Gasteiger partial charge in [-0.15, -0.1) is 6.58 Å². The molecule has 1 aromatic heterocycles. The van der Waals surface area contributed by atoms with Crippen LogP contribution in [-0.2, 0) is 16.0 Å². The second-order valence-electron chi connectivity index (χ2n) is 9.18. The van der Waals surface area contributed by atoms with E-state index >= 15 is 0 Å². The Bertz CT molecular complexity index is 1130. The van der Waals surface area contributed by atoms with E-state index < -0.39 is 6.10 Å². The zero-order chi connectivity index (χ0) is 26.0. The molecule has 37 heavy (non-hydrogen) atoms. The molecule has 0 bridgehead atoms. The highest BCUT2D eigenvalue weighted by Gasteiger charge is 2.26. The molecular weight excluding hydrogens is 470 g/mol. The number of aromatic nitrogens is 2. The van der Waals surface area contributed by atoms with Gasteiger partial charge in [-0.25, -0.2) is 4.68 Å². The van der Waals surface area contributed by atoms with Crippen LogP contribution in [0.25, 0.3) is 5.69 Å². The molecule has 0 radical (unpaired) electrons. The Kier molecular flexibility index (Phi) is 9.73. The Labute approximate surface area is 219 Å². The van der Waals surface area contributed by atoms with Crippen LogP contribution in [0.15, 0.2) is 67.3 Å². The minimum absolute atomic E-state index is 0.129. The Morgan fingerprint density at radius 2 is 1.95 bits per heavy atom. The van der Waals surface area contributed by atoms with Crippen molar-refractivity contribution in [3.63, 3.8) is 0 Å². The Morgan fingerprint density at radius 3 is 2.65 bits per heavy atom. The molecule has 0 saturated carbocycles. The molecule has 0 unspecified atom stereocenters. The van der Waals surface area contributed by atoms with Gasteiger partial charge in [0.1, 0.15) is 0 Å². The lowest BCUT2D eigenvalue weighted by atomic mass is 10.1. The Morgan fingerprint density at radius 1 is 1.19 bits per heavy atom. The zero-order valence-electron chi connectivity index (χ0n) is 21.7. The van der Waals surface area contributed by atoms with Gasteiger partial charge in [0.2, 0.25) is 5.88 Å². The second-order valence-corrected chi connectivity index (χ2v) is 9.18. The molecule has 0 spiro atoms. The van der Waals surface area contributed by atoms with E-state index in [1.165, 1.54) is 0 Å². The van der Waals surface area contributed by atoms with Crippen molar-refractivity contribution in [2.24, 2.45) is 0 Å². The van der Waals surface area contributed by atoms with Crippen molar-refractivity contribution in [2.75, 3.05) is 40.0 Å². The molecule has 1 fully saturated rings. The average molecular weight is 508 g/mol. The molecule has 8 heteroatoms. The van der Waals surface area contributed by atoms with E-state index in [0.29, 0.717) is 43.6 Å². The third-order valence-corrected chi connectivity index (χ3v) is 6.30. The number of rotatable bonds is 14. The fraction of sp³-hybridized carbons (Fsp3) is 0.414. The number of hydrogen-bond acceptors (Lipinski definition) is 7. The van der Waals surface area contributed by atoms with Crippen LogP contribution < -0.4 is 9.47 Å². The molecule has 1 N–H and O–H groups in total. The lowest BCUT2D eigenvalue weighted by Gasteiger charge is -2.27. The predicted molar refractivity (Wildman–Crippen MR) is 143 cm³/mol. The highest BCUT2D eigenvalue weighted by molar-refractivity contribution is 5.47. The minimum Gasteiger partial charge on any atom is -0.493 e. The minimum atomic E-state index is -0.649. The maximum atomic E-state index is 10.7. The topological polar surface area (TPSA) is 78.2 Å². The van der Waals surface area contributed by atoms with E-state index in [0.717, 1.165) is 36.4 Å². The van der Waals surface area contributed by atoms with Crippen LogP contribution in [0.3, 0.4) is 0 Å². The van der Waals surface area contributed by atoms with Crippen LogP contribution in [0, 0.1) is 6.92 Å². The average Bonchev–Trinajstić information content (AvgIpc) is 3.53. The third-order valence-electron chi connectivity index (χ3n) is 6.30. The first-order valence-corrected chi connectivity index (χ1v) is 12.7. The summed E-state index contributed by atoms with van der Waals surface area (Å²) in [6.07, 6.45) is 3.22. The molecule has 1 aliphatic rings. The van der Waals surface area contributed by atoms with Gasteiger partial charge in [-0.05, 0) is 44.0 Å². The van der Waals surface area contributed by atoms with E-state index in [1.807, 2.05) is 66.2 Å². The fourth-order valence-corrected chi connectivity index (χ4v) is 4.52. The van der Waals surface area contributed by atoms with Gasteiger partial charge in [-0.3, -0.25) is 4.90 Å². The predicted octanol–water partition coefficient (Wildman–Crippen LogP) is 4.53. The Hall–Kier alpha value is -3.17. The van der Waals surface area contributed by atoms with Gasteiger partial charge in [0.05, 0.1) is 49.5 Å². The highest BCUT2D eigenvalue weighted by Crippen LogP contribution is 2.36. The van der Waals surface area contributed by atoms with Crippen molar-refractivity contribution in [3.05, 3.63) is 78.5 Å². The van der Waals surface area contributed by atoms with Crippen LogP contribution in [0.5, 0.6) is 17.4 Å². The smallest absolute Gasteiger partial charge is 0.227 e. The van der Waals surface area contributed by atoms with Crippen molar-refractivity contribution < 1.29 is 24.1 Å². The summed E-state index contributed by atoms with van der Waals surface area (Å²) in [5.41, 5.74) is 2.68. The molecular formula is C29H37N3O5. The second kappa shape index (κ2) is 13.4. The van der Waals surface area contributed by atoms with Crippen molar-refractivity contribution in [1.82, 2.24) is 14.7 Å². The SMILES string of the molecule is C=CCOC[C@H](O)CN(Cc1c(C)nn(-c2ccccc2)c1Oc1ccccc1OC)C[C@H]1CCCO1. The maximum absolute atomic E-state index is 10.7. The van der Waals surface area contributed by atoms with Crippen molar-refractivity contribution in [3.8, 4) is 23.1 Å². The molecule has 3 aromatic rings. The van der Waals surface area contributed by atoms with Crippen LogP contribution >= 0.6 is 0 Å². The number of methoxy groups -OCH3 is 1. The maximum Gasteiger partial charge on any atom is 0.227 e. The summed E-state index contributed by atoms with van der Waals surface area (Å²) in [7, 11) is 1.63. The highest BCUT2D eigenvalue weighted by atomic mass is 16.5. The lowest BCUT2D eigenvalue weighted by Crippen LogP contribution is -2.39. The van der Waals surface area contributed by atoms with E-state index in [1.54, 1.807) is 13.2 Å². The molecule has 4 rings (SSSR count). The van der Waals surface area contributed by atoms with Crippen LogP contribution in [-0.4, -0.2) is 72.0 Å². The number of para-hydroxylation sites is 3. The number of nitrogens with zero attached hydrogens (tertiary/aromatic N) is 3. The van der Waals surface area contributed by atoms with Crippen molar-refractivity contribution >= 4 is 0 Å². The first-order valence-electron chi connectivity index (χ1n) is 12.7. The van der Waals surface area contributed by atoms with Gasteiger partial charge in [0.15, 0.2) is 11.5 Å². The fourth-order valence-electron chi connectivity index (χ4n) is 4.52. The third kappa shape index (κ3) is 7.20. The normalized spacial score (nSPS) is 16.2. The van der Waals surface area contributed by atoms with Gasteiger partial charge in [-0.2, -0.15) is 5.10 Å². The standard InChI is InChI=1S/C29H37N3O5/c1-4-16-35-21-24(33)18-31(19-25-13-10-17-36-25)20-26-22(2)30-32(23-11-6-5-7-12-23)29(26)37-28-15-9-8-14-27(28)34-3/h4-9,11-12,14-15,24-25,33H,1,10,13,16-21H2,2-3H3/t24-,25-/m1/s1. The number of benzene rings is 2. The largest absolute Gasteiger partial charge is 0.493 e. The van der Waals surface area contributed by atoms with Crippen LogP contribution in [0.4, 0.5) is 0 Å². The summed E-state index contributed by atoms with van der Waals surface area (Å²) in [6.45, 7) is 8.73. The molecule has 0 amide bonds. The van der Waals surface area contributed by atoms with Crippen LogP contribution in [0.1, 0.15) is 24.1 Å². The molecule has 2 heterocycles. The van der Waals surface area contributed by atoms with E-state index in [2.05, 4.69) is 11.5 Å². The first-order chi connectivity index (χ1) is 18.1. The van der Waals surface area contributed by atoms with Crippen LogP contribution in [0.2, 0.25) is 0 Å². The van der Waals surface area contributed by atoms with Gasteiger partial charge in [0.25, 0.3) is 0 Å². The number of ether oxygens (including phenoxy) is 4. The summed E-state index contributed by atoms with van der Waals surface area (Å²) in [5.74, 6) is 1.85. The van der Waals surface area contributed by atoms with Gasteiger partial charge in [0, 0.05) is 26.2 Å². The van der Waals surface area contributed by atoms with Crippen molar-refractivity contribution in [2.45, 2.75) is 38.5 Å². The molecule has 0 aliphatic carbocycles. The zero-order valence-corrected chi connectivity index (χ0v) is 21.7. The molecule has 1 aliphatic heterocycles. The quantitative estimate of drug-likeness (QED) is 0.254. The molecule has 2 atom stereocenters. The van der Waals surface area contributed by atoms with Gasteiger partial charge < -0.3 is 24.1 Å². The summed E-state index contributed by atoms with van der Waals surface area (Å²) < 4.78 is 25.3. The Balaban J connectivity index is 1.66. The summed E-state index contributed by atoms with van der Waals surface area (Å²) in [6, 6.07) is 17.5. The van der Waals surface area contributed by atoms with E-state index in [-0.39, 0.29) is 12.7 Å². The van der Waals surface area contributed by atoms with Crippen molar-refractivity contribution in [1.29, 1.82) is 0 Å². The lowest BCUT2D eigenvalue weighted by molar-refractivity contribution is 0.00836. The molecule has 1 saturated heterocycles. The summed E-state index contributed by atoms with van der Waals surface area (Å²) in [4.78, 5) is 2.20. The van der Waals surface area contributed by atoms with Gasteiger partial charge >= 0.3 is 0 Å². The number of hydrogen-bond donors (Lipinski definition) is 1. The van der Waals surface area contributed by atoms with E-state index in [9.17, 15) is 5.11 Å². The molecule has 2 aromatic carbocycles. The molecule has 8 nitrogen and oxygen atoms in total. The molecule has 198 valence electrons. The van der Waals surface area contributed by atoms with Gasteiger partial charge in [-0.1, -0.05) is 36.4 Å². The monoisotopic (exact) mass is 507 g/mol.